The van der Waals surface area contributed by atoms with Crippen molar-refractivity contribution in [2.75, 3.05) is 6.54 Å². The molecule has 2 heterocycles. The zero-order chi connectivity index (χ0) is 14.8. The summed E-state index contributed by atoms with van der Waals surface area (Å²) in [5.74, 6) is 0.0169. The standard InChI is InChI=1S/C14H15N3O3/c1-14(19,12-4-3-5-20-12)9-16-13(18)11-6-10(7-15)8-17(11)2/h3-6,8,19H,9H2,1-2H3,(H,16,18). The number of nitrogens with one attached hydrogen (secondary N) is 1. The van der Waals surface area contributed by atoms with Crippen LogP contribution >= 0.6 is 0 Å². The molecule has 2 rings (SSSR count). The van der Waals surface area contributed by atoms with Gasteiger partial charge in [0.15, 0.2) is 0 Å². The molecule has 2 aromatic heterocycles. The molecule has 1 atom stereocenters. The van der Waals surface area contributed by atoms with Gasteiger partial charge in [0.1, 0.15) is 23.1 Å². The van der Waals surface area contributed by atoms with E-state index in [-0.39, 0.29) is 12.5 Å². The third-order valence-electron chi connectivity index (χ3n) is 3.01. The zero-order valence-electron chi connectivity index (χ0n) is 11.3. The first kappa shape index (κ1) is 13.9. The highest BCUT2D eigenvalue weighted by Gasteiger charge is 2.27. The summed E-state index contributed by atoms with van der Waals surface area (Å²) in [4.78, 5) is 12.0. The number of nitriles is 1. The van der Waals surface area contributed by atoms with E-state index >= 15 is 0 Å². The Hall–Kier alpha value is -2.52. The highest BCUT2D eigenvalue weighted by atomic mass is 16.4. The summed E-state index contributed by atoms with van der Waals surface area (Å²) in [6.45, 7) is 1.56. The molecule has 0 aromatic carbocycles. The van der Waals surface area contributed by atoms with Crippen molar-refractivity contribution in [3.05, 3.63) is 47.7 Å². The van der Waals surface area contributed by atoms with Gasteiger partial charge in [0.25, 0.3) is 5.91 Å². The second-order valence-corrected chi connectivity index (χ2v) is 4.77. The highest BCUT2D eigenvalue weighted by molar-refractivity contribution is 5.93. The Morgan fingerprint density at radius 3 is 2.95 bits per heavy atom. The molecular weight excluding hydrogens is 258 g/mol. The van der Waals surface area contributed by atoms with Crippen LogP contribution in [0.15, 0.2) is 35.1 Å². The first-order chi connectivity index (χ1) is 9.44. The van der Waals surface area contributed by atoms with Crippen molar-refractivity contribution in [2.24, 2.45) is 7.05 Å². The number of amides is 1. The molecule has 1 unspecified atom stereocenters. The van der Waals surface area contributed by atoms with E-state index < -0.39 is 5.60 Å². The maximum absolute atomic E-state index is 12.0. The van der Waals surface area contributed by atoms with E-state index in [1.54, 1.807) is 36.9 Å². The van der Waals surface area contributed by atoms with Gasteiger partial charge in [0, 0.05) is 13.2 Å². The summed E-state index contributed by atoms with van der Waals surface area (Å²) in [6.07, 6.45) is 3.03. The number of furan rings is 1. The van der Waals surface area contributed by atoms with Crippen molar-refractivity contribution >= 4 is 5.91 Å². The summed E-state index contributed by atoms with van der Waals surface area (Å²) in [7, 11) is 1.68. The van der Waals surface area contributed by atoms with Crippen LogP contribution in [0.1, 0.15) is 28.7 Å². The number of hydrogen-bond donors (Lipinski definition) is 2. The lowest BCUT2D eigenvalue weighted by atomic mass is 10.0. The lowest BCUT2D eigenvalue weighted by Gasteiger charge is -2.21. The number of rotatable bonds is 4. The SMILES string of the molecule is Cn1cc(C#N)cc1C(=O)NCC(C)(O)c1ccco1. The Balaban J connectivity index is 2.06. The lowest BCUT2D eigenvalue weighted by Crippen LogP contribution is -2.38. The topological polar surface area (TPSA) is 91.2 Å². The van der Waals surface area contributed by atoms with Gasteiger partial charge in [-0.3, -0.25) is 4.79 Å². The van der Waals surface area contributed by atoms with Gasteiger partial charge in [-0.2, -0.15) is 5.26 Å². The maximum Gasteiger partial charge on any atom is 0.268 e. The van der Waals surface area contributed by atoms with E-state index in [9.17, 15) is 9.90 Å². The second-order valence-electron chi connectivity index (χ2n) is 4.77. The van der Waals surface area contributed by atoms with Crippen LogP contribution in [-0.2, 0) is 12.6 Å². The van der Waals surface area contributed by atoms with Gasteiger partial charge in [-0.25, -0.2) is 0 Å². The van der Waals surface area contributed by atoms with Crippen molar-refractivity contribution in [3.63, 3.8) is 0 Å². The molecule has 0 saturated carbocycles. The van der Waals surface area contributed by atoms with Crippen LogP contribution in [-0.4, -0.2) is 22.1 Å². The Kier molecular flexibility index (Phi) is 3.63. The van der Waals surface area contributed by atoms with Gasteiger partial charge >= 0.3 is 0 Å². The molecule has 1 amide bonds. The van der Waals surface area contributed by atoms with E-state index in [1.807, 2.05) is 6.07 Å². The zero-order valence-corrected chi connectivity index (χ0v) is 11.3. The summed E-state index contributed by atoms with van der Waals surface area (Å²) in [5.41, 5.74) is -0.519. The molecule has 0 fully saturated rings. The smallest absolute Gasteiger partial charge is 0.268 e. The number of carbonyl (C=O) groups excluding carboxylic acids is 1. The van der Waals surface area contributed by atoms with Crippen molar-refractivity contribution in [2.45, 2.75) is 12.5 Å². The van der Waals surface area contributed by atoms with E-state index in [0.717, 1.165) is 0 Å². The fraction of sp³-hybridized carbons (Fsp3) is 0.286. The molecular formula is C14H15N3O3. The van der Waals surface area contributed by atoms with E-state index in [0.29, 0.717) is 17.0 Å². The monoisotopic (exact) mass is 273 g/mol. The van der Waals surface area contributed by atoms with Crippen LogP contribution < -0.4 is 5.32 Å². The summed E-state index contributed by atoms with van der Waals surface area (Å²) < 4.78 is 6.70. The summed E-state index contributed by atoms with van der Waals surface area (Å²) >= 11 is 0. The highest BCUT2D eigenvalue weighted by Crippen LogP contribution is 2.20. The van der Waals surface area contributed by atoms with Gasteiger partial charge in [-0.15, -0.1) is 0 Å². The number of carbonyl (C=O) groups is 1. The molecule has 0 aliphatic heterocycles. The molecule has 6 heteroatoms. The molecule has 0 radical (unpaired) electrons. The van der Waals surface area contributed by atoms with Gasteiger partial charge in [0.2, 0.25) is 0 Å². The average molecular weight is 273 g/mol. The van der Waals surface area contributed by atoms with Crippen LogP contribution in [0.2, 0.25) is 0 Å². The third-order valence-corrected chi connectivity index (χ3v) is 3.01. The fourth-order valence-corrected chi connectivity index (χ4v) is 1.87. The molecule has 0 spiro atoms. The minimum absolute atomic E-state index is 0.00636. The molecule has 0 aliphatic carbocycles. The Morgan fingerprint density at radius 1 is 1.65 bits per heavy atom. The summed E-state index contributed by atoms with van der Waals surface area (Å²) in [6, 6.07) is 6.78. The van der Waals surface area contributed by atoms with Crippen LogP contribution in [0.3, 0.4) is 0 Å². The Bertz CT molecular complexity index is 648. The van der Waals surface area contributed by atoms with Gasteiger partial charge < -0.3 is 19.4 Å². The van der Waals surface area contributed by atoms with Gasteiger partial charge in [0.05, 0.1) is 18.4 Å². The number of aliphatic hydroxyl groups is 1. The van der Waals surface area contributed by atoms with Crippen LogP contribution in [0.5, 0.6) is 0 Å². The van der Waals surface area contributed by atoms with E-state index in [4.69, 9.17) is 9.68 Å². The molecule has 20 heavy (non-hydrogen) atoms. The van der Waals surface area contributed by atoms with Crippen molar-refractivity contribution in [3.8, 4) is 6.07 Å². The predicted molar refractivity (Wildman–Crippen MR) is 70.7 cm³/mol. The van der Waals surface area contributed by atoms with Crippen LogP contribution in [0, 0.1) is 11.3 Å². The number of hydrogen-bond acceptors (Lipinski definition) is 4. The lowest BCUT2D eigenvalue weighted by molar-refractivity contribution is 0.0329. The van der Waals surface area contributed by atoms with E-state index in [2.05, 4.69) is 5.32 Å². The molecule has 0 bridgehead atoms. The van der Waals surface area contributed by atoms with Crippen molar-refractivity contribution in [1.29, 1.82) is 5.26 Å². The van der Waals surface area contributed by atoms with Gasteiger partial charge in [-0.1, -0.05) is 0 Å². The average Bonchev–Trinajstić information content (AvgIpc) is 3.05. The number of nitrogens with zero attached hydrogens (tertiary/aromatic N) is 2. The van der Waals surface area contributed by atoms with E-state index in [1.165, 1.54) is 12.3 Å². The Labute approximate surface area is 116 Å². The van der Waals surface area contributed by atoms with Crippen LogP contribution in [0.4, 0.5) is 0 Å². The molecule has 2 aromatic rings. The molecule has 0 aliphatic rings. The second kappa shape index (κ2) is 5.23. The number of aryl methyl sites for hydroxylation is 1. The minimum atomic E-state index is -1.29. The molecule has 6 nitrogen and oxygen atoms in total. The first-order valence-corrected chi connectivity index (χ1v) is 6.05. The maximum atomic E-state index is 12.0. The normalized spacial score (nSPS) is 13.5. The largest absolute Gasteiger partial charge is 0.466 e. The minimum Gasteiger partial charge on any atom is -0.466 e. The van der Waals surface area contributed by atoms with Crippen molar-refractivity contribution in [1.82, 2.24) is 9.88 Å². The first-order valence-electron chi connectivity index (χ1n) is 6.05. The molecule has 104 valence electrons. The summed E-state index contributed by atoms with van der Waals surface area (Å²) in [5, 5.41) is 21.6. The predicted octanol–water partition coefficient (Wildman–Crippen LogP) is 1.13. The molecule has 2 N–H and O–H groups in total. The van der Waals surface area contributed by atoms with Crippen LogP contribution in [0.25, 0.3) is 0 Å². The van der Waals surface area contributed by atoms with Crippen molar-refractivity contribution < 1.29 is 14.3 Å². The third kappa shape index (κ3) is 2.73. The fourth-order valence-electron chi connectivity index (χ4n) is 1.87. The quantitative estimate of drug-likeness (QED) is 0.873. The number of aromatic nitrogens is 1. The Morgan fingerprint density at radius 2 is 2.40 bits per heavy atom. The van der Waals surface area contributed by atoms with Gasteiger partial charge in [-0.05, 0) is 25.1 Å². The molecule has 0 saturated heterocycles.